The Hall–Kier alpha value is -0.630. The molecule has 0 aromatic carbocycles. The van der Waals surface area contributed by atoms with Crippen LogP contribution in [0.4, 0.5) is 0 Å². The molecule has 1 saturated carbocycles. The number of ketones is 1. The molecule has 1 aliphatic carbocycles. The van der Waals surface area contributed by atoms with Crippen LogP contribution in [0.2, 0.25) is 0 Å². The number of hydrogen-bond acceptors (Lipinski definition) is 2. The maximum atomic E-state index is 11.6. The van der Waals surface area contributed by atoms with Gasteiger partial charge >= 0.3 is 0 Å². The summed E-state index contributed by atoms with van der Waals surface area (Å²) in [5.41, 5.74) is 2.04. The van der Waals surface area contributed by atoms with Crippen molar-refractivity contribution in [1.29, 1.82) is 0 Å². The van der Waals surface area contributed by atoms with E-state index in [1.54, 1.807) is 0 Å². The number of ether oxygens (including phenoxy) is 1. The van der Waals surface area contributed by atoms with Crippen LogP contribution in [-0.2, 0) is 9.53 Å². The van der Waals surface area contributed by atoms with Crippen molar-refractivity contribution in [2.45, 2.75) is 45.3 Å². The lowest BCUT2D eigenvalue weighted by Gasteiger charge is -2.15. The predicted molar refractivity (Wildman–Crippen MR) is 45.9 cm³/mol. The van der Waals surface area contributed by atoms with Crippen molar-refractivity contribution in [3.8, 4) is 0 Å². The zero-order chi connectivity index (χ0) is 8.93. The van der Waals surface area contributed by atoms with Gasteiger partial charge in [-0.25, -0.2) is 0 Å². The minimum Gasteiger partial charge on any atom is -0.358 e. The number of carbonyl (C=O) groups excluding carboxylic acids is 1. The molecule has 1 saturated heterocycles. The van der Waals surface area contributed by atoms with Crippen molar-refractivity contribution >= 4 is 5.78 Å². The number of rotatable bonds is 0. The Bertz CT molecular complexity index is 274. The van der Waals surface area contributed by atoms with E-state index >= 15 is 0 Å². The lowest BCUT2D eigenvalue weighted by Crippen LogP contribution is -2.26. The van der Waals surface area contributed by atoms with Crippen LogP contribution in [0.5, 0.6) is 0 Å². The molecule has 0 unspecified atom stereocenters. The molecule has 1 aliphatic heterocycles. The summed E-state index contributed by atoms with van der Waals surface area (Å²) in [6, 6.07) is 0. The quantitative estimate of drug-likeness (QED) is 0.406. The second-order valence-electron chi connectivity index (χ2n) is 4.15. The summed E-state index contributed by atoms with van der Waals surface area (Å²) in [5.74, 6) is 0.226. The molecule has 0 radical (unpaired) electrons. The number of epoxide rings is 1. The third-order valence-corrected chi connectivity index (χ3v) is 2.89. The zero-order valence-electron chi connectivity index (χ0n) is 7.81. The zero-order valence-corrected chi connectivity index (χ0v) is 7.81. The van der Waals surface area contributed by atoms with Gasteiger partial charge in [-0.3, -0.25) is 4.79 Å². The van der Waals surface area contributed by atoms with E-state index in [9.17, 15) is 4.79 Å². The van der Waals surface area contributed by atoms with E-state index in [2.05, 4.69) is 0 Å². The van der Waals surface area contributed by atoms with E-state index in [-0.39, 0.29) is 17.5 Å². The topological polar surface area (TPSA) is 29.6 Å². The predicted octanol–water partition coefficient (Wildman–Crippen LogP) is 1.84. The molecule has 66 valence electrons. The van der Waals surface area contributed by atoms with Gasteiger partial charge in [0.15, 0.2) is 5.78 Å². The Morgan fingerprint density at radius 1 is 1.58 bits per heavy atom. The van der Waals surface area contributed by atoms with Gasteiger partial charge in [0.05, 0.1) is 0 Å². The molecular formula is C10H14O2. The summed E-state index contributed by atoms with van der Waals surface area (Å²) in [5, 5.41) is 0. The minimum absolute atomic E-state index is 0.101. The van der Waals surface area contributed by atoms with E-state index in [0.29, 0.717) is 0 Å². The Morgan fingerprint density at radius 3 is 2.83 bits per heavy atom. The van der Waals surface area contributed by atoms with E-state index in [4.69, 9.17) is 4.74 Å². The van der Waals surface area contributed by atoms with E-state index in [1.807, 2.05) is 20.8 Å². The molecule has 2 nitrogen and oxygen atoms in total. The van der Waals surface area contributed by atoms with Crippen molar-refractivity contribution in [3.05, 3.63) is 11.1 Å². The highest BCUT2D eigenvalue weighted by atomic mass is 16.6. The van der Waals surface area contributed by atoms with Crippen LogP contribution >= 0.6 is 0 Å². The second-order valence-corrected chi connectivity index (χ2v) is 4.15. The fraction of sp³-hybridized carbons (Fsp3) is 0.700. The summed E-state index contributed by atoms with van der Waals surface area (Å²) in [4.78, 5) is 11.6. The highest BCUT2D eigenvalue weighted by molar-refractivity contribution is 6.02. The largest absolute Gasteiger partial charge is 0.358 e. The molecule has 1 heterocycles. The van der Waals surface area contributed by atoms with Crippen LogP contribution in [0.3, 0.4) is 0 Å². The third kappa shape index (κ3) is 0.944. The molecule has 0 aromatic heterocycles. The second kappa shape index (κ2) is 2.19. The van der Waals surface area contributed by atoms with E-state index in [1.165, 1.54) is 0 Å². The lowest BCUT2D eigenvalue weighted by atomic mass is 9.84. The van der Waals surface area contributed by atoms with E-state index < -0.39 is 0 Å². The molecule has 2 rings (SSSR count). The standard InChI is InChI=1S/C10H14O2/c1-6(2)7-4-5-10(3)9(12-10)8(7)11/h9H,4-5H2,1-3H3/t9-,10+/m1/s1. The highest BCUT2D eigenvalue weighted by Crippen LogP contribution is 2.47. The maximum Gasteiger partial charge on any atom is 0.190 e. The third-order valence-electron chi connectivity index (χ3n) is 2.89. The number of fused-ring (bicyclic) bond motifs is 1. The molecule has 0 N–H and O–H groups in total. The summed E-state index contributed by atoms with van der Waals surface area (Å²) in [6.45, 7) is 6.02. The molecule has 0 spiro atoms. The normalized spacial score (nSPS) is 39.4. The lowest BCUT2D eigenvalue weighted by molar-refractivity contribution is -0.117. The fourth-order valence-electron chi connectivity index (χ4n) is 1.91. The molecule has 2 aliphatic rings. The van der Waals surface area contributed by atoms with Crippen molar-refractivity contribution < 1.29 is 9.53 Å². The summed E-state index contributed by atoms with van der Waals surface area (Å²) in [7, 11) is 0. The SMILES string of the molecule is CC(C)=C1CC[C@]2(C)O[C@@H]2C1=O. The average Bonchev–Trinajstić information content (AvgIpc) is 2.62. The van der Waals surface area contributed by atoms with Crippen LogP contribution in [0.1, 0.15) is 33.6 Å². The summed E-state index contributed by atoms with van der Waals surface area (Å²) in [6.07, 6.45) is 1.79. The van der Waals surface area contributed by atoms with Crippen LogP contribution in [0.25, 0.3) is 0 Å². The molecular weight excluding hydrogens is 152 g/mol. The Morgan fingerprint density at radius 2 is 2.25 bits per heavy atom. The van der Waals surface area contributed by atoms with Gasteiger partial charge in [0.2, 0.25) is 0 Å². The maximum absolute atomic E-state index is 11.6. The molecule has 2 atom stereocenters. The first-order valence-electron chi connectivity index (χ1n) is 4.43. The molecule has 0 bridgehead atoms. The Kier molecular flexibility index (Phi) is 1.46. The van der Waals surface area contributed by atoms with Gasteiger partial charge in [0.25, 0.3) is 0 Å². The van der Waals surface area contributed by atoms with Gasteiger partial charge in [0, 0.05) is 0 Å². The van der Waals surface area contributed by atoms with Crippen LogP contribution in [0.15, 0.2) is 11.1 Å². The smallest absolute Gasteiger partial charge is 0.190 e. The van der Waals surface area contributed by atoms with Crippen molar-refractivity contribution in [2.24, 2.45) is 0 Å². The van der Waals surface area contributed by atoms with Crippen molar-refractivity contribution in [1.82, 2.24) is 0 Å². The van der Waals surface area contributed by atoms with Crippen molar-refractivity contribution in [3.63, 3.8) is 0 Å². The molecule has 0 amide bonds. The number of allylic oxidation sites excluding steroid dienone is 1. The first-order chi connectivity index (χ1) is 5.54. The molecule has 2 heteroatoms. The van der Waals surface area contributed by atoms with Crippen LogP contribution in [-0.4, -0.2) is 17.5 Å². The van der Waals surface area contributed by atoms with Gasteiger partial charge in [-0.15, -0.1) is 0 Å². The average molecular weight is 166 g/mol. The number of Topliss-reactive ketones (excluding diaryl/α,β-unsaturated/α-hetero) is 1. The minimum atomic E-state index is -0.115. The molecule has 2 fully saturated rings. The van der Waals surface area contributed by atoms with Gasteiger partial charge in [-0.2, -0.15) is 0 Å². The molecule has 12 heavy (non-hydrogen) atoms. The van der Waals surface area contributed by atoms with Gasteiger partial charge in [0.1, 0.15) is 11.7 Å². The first kappa shape index (κ1) is 7.99. The molecule has 0 aromatic rings. The van der Waals surface area contributed by atoms with Crippen LogP contribution < -0.4 is 0 Å². The fourth-order valence-corrected chi connectivity index (χ4v) is 1.91. The van der Waals surface area contributed by atoms with E-state index in [0.717, 1.165) is 24.0 Å². The Balaban J connectivity index is 2.26. The number of hydrogen-bond donors (Lipinski definition) is 0. The van der Waals surface area contributed by atoms with Crippen LogP contribution in [0, 0.1) is 0 Å². The summed E-state index contributed by atoms with van der Waals surface area (Å²) < 4.78 is 5.37. The van der Waals surface area contributed by atoms with Crippen molar-refractivity contribution in [2.75, 3.05) is 0 Å². The summed E-state index contributed by atoms with van der Waals surface area (Å²) >= 11 is 0. The van der Waals surface area contributed by atoms with Gasteiger partial charge in [-0.1, -0.05) is 5.57 Å². The monoisotopic (exact) mass is 166 g/mol. The first-order valence-corrected chi connectivity index (χ1v) is 4.43. The highest BCUT2D eigenvalue weighted by Gasteiger charge is 2.59. The number of carbonyl (C=O) groups is 1. The van der Waals surface area contributed by atoms with Gasteiger partial charge < -0.3 is 4.74 Å². The Labute approximate surface area is 72.6 Å². The van der Waals surface area contributed by atoms with Gasteiger partial charge in [-0.05, 0) is 39.2 Å².